The number of aromatic amines is 1. The third-order valence-corrected chi connectivity index (χ3v) is 2.91. The van der Waals surface area contributed by atoms with E-state index in [-0.39, 0.29) is 11.9 Å². The number of nitrogens with one attached hydrogen (secondary N) is 3. The van der Waals surface area contributed by atoms with Crippen molar-refractivity contribution in [2.75, 3.05) is 17.6 Å². The Kier molecular flexibility index (Phi) is 2.90. The normalized spacial score (nSPS) is 14.5. The largest absolute Gasteiger partial charge is 0.369 e. The van der Waals surface area contributed by atoms with E-state index >= 15 is 0 Å². The molecule has 2 heterocycles. The Morgan fingerprint density at radius 3 is 3.11 bits per heavy atom. The lowest BCUT2D eigenvalue weighted by Crippen LogP contribution is -2.27. The highest BCUT2D eigenvalue weighted by Crippen LogP contribution is 2.19. The maximum atomic E-state index is 11.5. The Labute approximate surface area is 109 Å². The smallest absolute Gasteiger partial charge is 0.224 e. The number of carbonyl (C=O) groups excluding carboxylic acids is 1. The van der Waals surface area contributed by atoms with Crippen molar-refractivity contribution < 1.29 is 4.79 Å². The highest BCUT2D eigenvalue weighted by Gasteiger charge is 2.22. The fourth-order valence-electron chi connectivity index (χ4n) is 1.81. The van der Waals surface area contributed by atoms with Crippen molar-refractivity contribution in [3.05, 3.63) is 6.20 Å². The van der Waals surface area contributed by atoms with Crippen LogP contribution in [-0.2, 0) is 4.79 Å². The van der Waals surface area contributed by atoms with E-state index in [4.69, 9.17) is 5.73 Å². The van der Waals surface area contributed by atoms with Gasteiger partial charge in [-0.25, -0.2) is 0 Å². The zero-order chi connectivity index (χ0) is 13.2. The van der Waals surface area contributed by atoms with Gasteiger partial charge in [0, 0.05) is 19.0 Å². The van der Waals surface area contributed by atoms with Crippen LogP contribution in [0, 0.1) is 0 Å². The fourth-order valence-corrected chi connectivity index (χ4v) is 1.81. The molecule has 0 spiro atoms. The van der Waals surface area contributed by atoms with Gasteiger partial charge in [0.05, 0.1) is 11.6 Å². The van der Waals surface area contributed by atoms with Crippen molar-refractivity contribution in [2.24, 2.45) is 0 Å². The van der Waals surface area contributed by atoms with Gasteiger partial charge in [-0.2, -0.15) is 15.1 Å². The average molecular weight is 261 g/mol. The van der Waals surface area contributed by atoms with E-state index < -0.39 is 0 Å². The molecule has 2 aromatic heterocycles. The number of carbonyl (C=O) groups is 1. The molecule has 0 atom stereocenters. The molecule has 0 bridgehead atoms. The molecule has 1 amide bonds. The molecule has 0 unspecified atom stereocenters. The van der Waals surface area contributed by atoms with Gasteiger partial charge >= 0.3 is 0 Å². The second kappa shape index (κ2) is 4.71. The summed E-state index contributed by atoms with van der Waals surface area (Å²) >= 11 is 0. The van der Waals surface area contributed by atoms with Gasteiger partial charge in [-0.15, -0.1) is 0 Å². The number of nitrogens with zero attached hydrogens (tertiary/aromatic N) is 3. The molecule has 1 fully saturated rings. The van der Waals surface area contributed by atoms with Gasteiger partial charge in [0.25, 0.3) is 0 Å². The second-order valence-corrected chi connectivity index (χ2v) is 4.58. The van der Waals surface area contributed by atoms with Gasteiger partial charge in [-0.1, -0.05) is 0 Å². The van der Waals surface area contributed by atoms with Gasteiger partial charge in [0.2, 0.25) is 11.9 Å². The summed E-state index contributed by atoms with van der Waals surface area (Å²) < 4.78 is 0. The minimum atomic E-state index is 0.0560. The average Bonchev–Trinajstić information content (AvgIpc) is 3.04. The van der Waals surface area contributed by atoms with Crippen molar-refractivity contribution in [3.63, 3.8) is 0 Å². The third kappa shape index (κ3) is 2.72. The summed E-state index contributed by atoms with van der Waals surface area (Å²) in [6.07, 6.45) is 4.22. The summed E-state index contributed by atoms with van der Waals surface area (Å²) in [4.78, 5) is 19.7. The second-order valence-electron chi connectivity index (χ2n) is 4.58. The molecule has 8 nitrogen and oxygen atoms in total. The molecular weight excluding hydrogens is 246 g/mol. The summed E-state index contributed by atoms with van der Waals surface area (Å²) in [5.41, 5.74) is 6.18. The molecule has 0 aliphatic heterocycles. The van der Waals surface area contributed by atoms with Crippen LogP contribution < -0.4 is 16.4 Å². The number of H-pyrrole nitrogens is 1. The predicted molar refractivity (Wildman–Crippen MR) is 70.4 cm³/mol. The molecule has 1 aliphatic carbocycles. The van der Waals surface area contributed by atoms with Crippen LogP contribution in [0.5, 0.6) is 0 Å². The number of hydrogen-bond acceptors (Lipinski definition) is 6. The van der Waals surface area contributed by atoms with Crippen molar-refractivity contribution in [3.8, 4) is 0 Å². The zero-order valence-corrected chi connectivity index (χ0v) is 10.3. The van der Waals surface area contributed by atoms with Crippen molar-refractivity contribution in [2.45, 2.75) is 25.3 Å². The van der Waals surface area contributed by atoms with E-state index in [1.165, 1.54) is 0 Å². The van der Waals surface area contributed by atoms with Crippen LogP contribution in [-0.4, -0.2) is 38.7 Å². The Morgan fingerprint density at radius 1 is 1.47 bits per heavy atom. The Morgan fingerprint density at radius 2 is 2.32 bits per heavy atom. The summed E-state index contributed by atoms with van der Waals surface area (Å²) in [6.45, 7) is 0.495. The Balaban J connectivity index is 1.61. The molecule has 0 aromatic carbocycles. The van der Waals surface area contributed by atoms with Crippen LogP contribution >= 0.6 is 0 Å². The molecule has 2 aromatic rings. The quantitative estimate of drug-likeness (QED) is 0.601. The van der Waals surface area contributed by atoms with E-state index in [2.05, 4.69) is 30.8 Å². The van der Waals surface area contributed by atoms with E-state index in [0.717, 1.165) is 18.2 Å². The van der Waals surface area contributed by atoms with Crippen LogP contribution in [0.25, 0.3) is 11.0 Å². The van der Waals surface area contributed by atoms with Crippen LogP contribution in [0.15, 0.2) is 6.20 Å². The first-order valence-electron chi connectivity index (χ1n) is 6.22. The van der Waals surface area contributed by atoms with E-state index in [1.54, 1.807) is 6.20 Å². The number of aromatic nitrogens is 4. The first-order valence-corrected chi connectivity index (χ1v) is 6.22. The molecule has 0 radical (unpaired) electrons. The van der Waals surface area contributed by atoms with E-state index in [0.29, 0.717) is 30.5 Å². The summed E-state index contributed by atoms with van der Waals surface area (Å²) in [5.74, 6) is 0.817. The monoisotopic (exact) mass is 261 g/mol. The maximum absolute atomic E-state index is 11.5. The molecule has 5 N–H and O–H groups in total. The number of nitrogens with two attached hydrogens (primary N) is 1. The molecule has 3 rings (SSSR count). The van der Waals surface area contributed by atoms with Gasteiger partial charge in [-0.3, -0.25) is 9.89 Å². The number of rotatable bonds is 5. The molecule has 0 saturated heterocycles. The highest BCUT2D eigenvalue weighted by atomic mass is 16.1. The predicted octanol–water partition coefficient (Wildman–Crippen LogP) is 0.0157. The Hall–Kier alpha value is -2.38. The summed E-state index contributed by atoms with van der Waals surface area (Å²) in [6, 6.07) is 0.391. The van der Waals surface area contributed by atoms with Gasteiger partial charge < -0.3 is 16.4 Å². The number of amides is 1. The zero-order valence-electron chi connectivity index (χ0n) is 10.3. The highest BCUT2D eigenvalue weighted by molar-refractivity contribution is 5.87. The summed E-state index contributed by atoms with van der Waals surface area (Å²) in [7, 11) is 0. The molecule has 1 saturated carbocycles. The lowest BCUT2D eigenvalue weighted by molar-refractivity contribution is -0.120. The van der Waals surface area contributed by atoms with Crippen LogP contribution in [0.1, 0.15) is 19.3 Å². The topological polar surface area (TPSA) is 122 Å². The van der Waals surface area contributed by atoms with Crippen LogP contribution in [0.4, 0.5) is 11.8 Å². The van der Waals surface area contributed by atoms with Crippen molar-refractivity contribution in [1.82, 2.24) is 25.5 Å². The minimum absolute atomic E-state index is 0.0560. The molecule has 100 valence electrons. The van der Waals surface area contributed by atoms with Gasteiger partial charge in [0.15, 0.2) is 5.65 Å². The number of anilines is 2. The Bertz CT molecular complexity index is 604. The standard InChI is InChI=1S/C11H15N7O/c12-11-16-9(7-5-14-18-10(7)17-11)13-4-3-8(19)15-6-1-2-6/h5-6H,1-4H2,(H,15,19)(H4,12,13,14,16,17,18). The number of hydrogen-bond donors (Lipinski definition) is 4. The first kappa shape index (κ1) is 11.7. The lowest BCUT2D eigenvalue weighted by atomic mass is 10.3. The first-order chi connectivity index (χ1) is 9.22. The van der Waals surface area contributed by atoms with Gasteiger partial charge in [0.1, 0.15) is 5.82 Å². The minimum Gasteiger partial charge on any atom is -0.369 e. The van der Waals surface area contributed by atoms with Crippen molar-refractivity contribution in [1.29, 1.82) is 0 Å². The molecular formula is C11H15N7O. The van der Waals surface area contributed by atoms with E-state index in [9.17, 15) is 4.79 Å². The number of fused-ring (bicyclic) bond motifs is 1. The maximum Gasteiger partial charge on any atom is 0.224 e. The molecule has 19 heavy (non-hydrogen) atoms. The third-order valence-electron chi connectivity index (χ3n) is 2.91. The fraction of sp³-hybridized carbons (Fsp3) is 0.455. The van der Waals surface area contributed by atoms with Crippen LogP contribution in [0.2, 0.25) is 0 Å². The summed E-state index contributed by atoms with van der Waals surface area (Å²) in [5, 5.41) is 13.4. The van der Waals surface area contributed by atoms with Crippen molar-refractivity contribution >= 4 is 28.7 Å². The van der Waals surface area contributed by atoms with Gasteiger partial charge in [-0.05, 0) is 12.8 Å². The molecule has 1 aliphatic rings. The number of nitrogen functional groups attached to an aromatic ring is 1. The van der Waals surface area contributed by atoms with Crippen LogP contribution in [0.3, 0.4) is 0 Å². The molecule has 8 heteroatoms. The SMILES string of the molecule is Nc1nc(NCCC(=O)NC2CC2)c2cn[nH]c2n1. The van der Waals surface area contributed by atoms with E-state index in [1.807, 2.05) is 0 Å². The lowest BCUT2D eigenvalue weighted by Gasteiger charge is -2.07.